The van der Waals surface area contributed by atoms with Crippen molar-refractivity contribution in [2.75, 3.05) is 13.2 Å². The number of rotatable bonds is 6. The van der Waals surface area contributed by atoms with Crippen LogP contribution in [-0.4, -0.2) is 148 Å². The largest absolute Gasteiger partial charge is 0.478 e. The normalized spacial score (nSPS) is 48.7. The molecule has 0 radical (unpaired) electrons. The van der Waals surface area contributed by atoms with E-state index < -0.39 is 91.4 Å². The zero-order valence-electron chi connectivity index (χ0n) is 18.2. The standard InChI is InChI=1S/C21H30O14/c22-6-9-12(26)14(28)16(30)18(34-9)20(32)4-3-8(1-2-11(24)25)5-21(20,33)19-17(31)15(29)13(27)10(7-23)35-19/h1-5,9-10,12-19,22-23,26-33H,6-7H2,(H,24,25)/b2-1+/t9-,10-,12+,13+,14+,15+,16-,17-,18?,19?,20?,21?/m1/s1. The van der Waals surface area contributed by atoms with E-state index >= 15 is 0 Å². The molecule has 0 aromatic heterocycles. The van der Waals surface area contributed by atoms with Crippen LogP contribution in [0, 0.1) is 0 Å². The van der Waals surface area contributed by atoms with Gasteiger partial charge in [-0.1, -0.05) is 6.08 Å². The van der Waals surface area contributed by atoms with E-state index in [2.05, 4.69) is 0 Å². The molecule has 2 fully saturated rings. The molecule has 2 heterocycles. The Bertz CT molecular complexity index is 870. The number of aliphatic hydroxyl groups is 10. The molecule has 2 saturated heterocycles. The van der Waals surface area contributed by atoms with E-state index in [9.17, 15) is 55.9 Å². The minimum Gasteiger partial charge on any atom is -0.478 e. The van der Waals surface area contributed by atoms with Gasteiger partial charge in [-0.2, -0.15) is 0 Å². The lowest BCUT2D eigenvalue weighted by Gasteiger charge is -2.56. The van der Waals surface area contributed by atoms with Crippen molar-refractivity contribution in [1.29, 1.82) is 0 Å². The summed E-state index contributed by atoms with van der Waals surface area (Å²) in [4.78, 5) is 10.9. The fourth-order valence-electron chi connectivity index (χ4n) is 4.61. The van der Waals surface area contributed by atoms with Crippen LogP contribution in [-0.2, 0) is 14.3 Å². The fourth-order valence-corrected chi connectivity index (χ4v) is 4.61. The van der Waals surface area contributed by atoms with Gasteiger partial charge in [-0.25, -0.2) is 4.79 Å². The number of carboxylic acid groups (broad SMARTS) is 1. The molecule has 4 unspecified atom stereocenters. The number of aliphatic carboxylic acids is 1. The molecule has 14 nitrogen and oxygen atoms in total. The molecule has 0 spiro atoms. The van der Waals surface area contributed by atoms with Gasteiger partial charge in [-0.3, -0.25) is 0 Å². The van der Waals surface area contributed by atoms with E-state index in [1.165, 1.54) is 0 Å². The van der Waals surface area contributed by atoms with Gasteiger partial charge in [-0.05, 0) is 23.8 Å². The maximum atomic E-state index is 11.8. The maximum absolute atomic E-state index is 11.8. The topological polar surface area (TPSA) is 258 Å². The van der Waals surface area contributed by atoms with E-state index in [1.807, 2.05) is 0 Å². The molecular formula is C21H30O14. The number of hydrogen-bond acceptors (Lipinski definition) is 13. The van der Waals surface area contributed by atoms with Gasteiger partial charge >= 0.3 is 5.97 Å². The van der Waals surface area contributed by atoms with Gasteiger partial charge in [0.2, 0.25) is 0 Å². The number of aliphatic hydroxyl groups excluding tert-OH is 8. The van der Waals surface area contributed by atoms with Crippen LogP contribution in [0.2, 0.25) is 0 Å². The van der Waals surface area contributed by atoms with Crippen LogP contribution in [0.4, 0.5) is 0 Å². The SMILES string of the molecule is O=C(O)/C=C/C1=CC(O)(C2O[C@H](CO)[C@H](O)[C@H](O)[C@H]2O)C(O)(C2O[C@H](CO)[C@H](O)[C@H](O)[C@H]2O)C=C1. The van der Waals surface area contributed by atoms with Gasteiger partial charge < -0.3 is 65.6 Å². The lowest BCUT2D eigenvalue weighted by Crippen LogP contribution is -2.77. The Balaban J connectivity index is 2.14. The van der Waals surface area contributed by atoms with Crippen LogP contribution < -0.4 is 0 Å². The zero-order valence-corrected chi connectivity index (χ0v) is 18.2. The van der Waals surface area contributed by atoms with Crippen molar-refractivity contribution in [1.82, 2.24) is 0 Å². The second-order valence-corrected chi connectivity index (χ2v) is 8.80. The van der Waals surface area contributed by atoms with Crippen LogP contribution in [0.1, 0.15) is 0 Å². The minimum atomic E-state index is -2.87. The number of ether oxygens (including phenoxy) is 2. The summed E-state index contributed by atoms with van der Waals surface area (Å²) in [5.74, 6) is -1.36. The summed E-state index contributed by atoms with van der Waals surface area (Å²) >= 11 is 0. The number of hydrogen-bond donors (Lipinski definition) is 11. The third-order valence-corrected chi connectivity index (χ3v) is 6.63. The summed E-state index contributed by atoms with van der Waals surface area (Å²) in [6, 6.07) is 0. The number of allylic oxidation sites excluding steroid dienone is 3. The van der Waals surface area contributed by atoms with Crippen molar-refractivity contribution in [2.45, 2.75) is 72.2 Å². The predicted molar refractivity (Wildman–Crippen MR) is 111 cm³/mol. The molecule has 0 bridgehead atoms. The monoisotopic (exact) mass is 506 g/mol. The Morgan fingerprint density at radius 3 is 1.69 bits per heavy atom. The molecular weight excluding hydrogens is 476 g/mol. The van der Waals surface area contributed by atoms with Gasteiger partial charge in [0.1, 0.15) is 72.2 Å². The zero-order chi connectivity index (χ0) is 26.3. The van der Waals surface area contributed by atoms with Crippen LogP contribution in [0.25, 0.3) is 0 Å². The highest BCUT2D eigenvalue weighted by Crippen LogP contribution is 2.45. The Morgan fingerprint density at radius 2 is 1.26 bits per heavy atom. The first-order chi connectivity index (χ1) is 16.3. The van der Waals surface area contributed by atoms with Crippen molar-refractivity contribution < 1.29 is 70.4 Å². The maximum Gasteiger partial charge on any atom is 0.328 e. The van der Waals surface area contributed by atoms with Crippen molar-refractivity contribution in [3.8, 4) is 0 Å². The second kappa shape index (κ2) is 10.3. The molecule has 11 N–H and O–H groups in total. The van der Waals surface area contributed by atoms with E-state index in [1.54, 1.807) is 0 Å². The molecule has 14 heteroatoms. The Kier molecular flexibility index (Phi) is 8.17. The number of carbonyl (C=O) groups is 1. The molecule has 3 rings (SSSR count). The van der Waals surface area contributed by atoms with Crippen LogP contribution in [0.3, 0.4) is 0 Å². The van der Waals surface area contributed by atoms with Gasteiger partial charge in [-0.15, -0.1) is 0 Å². The van der Waals surface area contributed by atoms with Crippen molar-refractivity contribution in [3.05, 3.63) is 36.0 Å². The second-order valence-electron chi connectivity index (χ2n) is 8.80. The molecule has 12 atom stereocenters. The Labute approximate surface area is 198 Å². The quantitative estimate of drug-likeness (QED) is 0.150. The summed E-state index contributed by atoms with van der Waals surface area (Å²) < 4.78 is 10.9. The fraction of sp³-hybridized carbons (Fsp3) is 0.667. The summed E-state index contributed by atoms with van der Waals surface area (Å²) in [7, 11) is 0. The minimum absolute atomic E-state index is 0.0406. The third-order valence-electron chi connectivity index (χ3n) is 6.63. The van der Waals surface area contributed by atoms with Gasteiger partial charge in [0.05, 0.1) is 13.2 Å². The highest BCUT2D eigenvalue weighted by molar-refractivity contribution is 5.80. The van der Waals surface area contributed by atoms with Crippen LogP contribution >= 0.6 is 0 Å². The Morgan fingerprint density at radius 1 is 0.800 bits per heavy atom. The van der Waals surface area contributed by atoms with Crippen LogP contribution in [0.5, 0.6) is 0 Å². The highest BCUT2D eigenvalue weighted by Gasteiger charge is 2.66. The summed E-state index contributed by atoms with van der Waals surface area (Å²) in [6.07, 6.45) is -14.2. The predicted octanol–water partition coefficient (Wildman–Crippen LogP) is -5.73. The summed E-state index contributed by atoms with van der Waals surface area (Å²) in [5, 5.41) is 113. The smallest absolute Gasteiger partial charge is 0.328 e. The van der Waals surface area contributed by atoms with Crippen molar-refractivity contribution in [3.63, 3.8) is 0 Å². The van der Waals surface area contributed by atoms with Gasteiger partial charge in [0.15, 0.2) is 0 Å². The lowest BCUT2D eigenvalue weighted by molar-refractivity contribution is -0.320. The molecule has 2 aliphatic heterocycles. The molecule has 0 aromatic carbocycles. The average Bonchev–Trinajstić information content (AvgIpc) is 2.82. The molecule has 35 heavy (non-hydrogen) atoms. The van der Waals surface area contributed by atoms with E-state index in [4.69, 9.17) is 14.6 Å². The summed E-state index contributed by atoms with van der Waals surface area (Å²) in [6.45, 7) is -1.73. The van der Waals surface area contributed by atoms with Crippen molar-refractivity contribution >= 4 is 5.97 Å². The first-order valence-corrected chi connectivity index (χ1v) is 10.7. The molecule has 198 valence electrons. The molecule has 0 aromatic rings. The van der Waals surface area contributed by atoms with Gasteiger partial charge in [0, 0.05) is 6.08 Å². The van der Waals surface area contributed by atoms with Crippen molar-refractivity contribution in [2.24, 2.45) is 0 Å². The van der Waals surface area contributed by atoms with Gasteiger partial charge in [0.25, 0.3) is 0 Å². The Hall–Kier alpha value is -1.79. The molecule has 1 aliphatic carbocycles. The molecule has 0 amide bonds. The summed E-state index contributed by atoms with van der Waals surface area (Å²) in [5.41, 5.74) is -5.72. The molecule has 3 aliphatic rings. The van der Waals surface area contributed by atoms with Crippen LogP contribution in [0.15, 0.2) is 36.0 Å². The first kappa shape index (κ1) is 27.8. The third kappa shape index (κ3) is 4.69. The highest BCUT2D eigenvalue weighted by atomic mass is 16.6. The number of carboxylic acids is 1. The molecule has 0 saturated carbocycles. The average molecular weight is 506 g/mol. The first-order valence-electron chi connectivity index (χ1n) is 10.7. The van der Waals surface area contributed by atoms with E-state index in [0.29, 0.717) is 6.08 Å². The van der Waals surface area contributed by atoms with E-state index in [-0.39, 0.29) is 5.57 Å². The lowest BCUT2D eigenvalue weighted by atomic mass is 9.66. The van der Waals surface area contributed by atoms with E-state index in [0.717, 1.165) is 24.3 Å².